The molecule has 2 aromatic heterocycles. The summed E-state index contributed by atoms with van der Waals surface area (Å²) in [6.07, 6.45) is 5.29. The number of nitrogens with one attached hydrogen (secondary N) is 1. The minimum atomic E-state index is 0.0385. The van der Waals surface area contributed by atoms with E-state index in [1.165, 1.54) is 0 Å². The third-order valence-electron chi connectivity index (χ3n) is 4.47. The largest absolute Gasteiger partial charge is 0.481 e. The number of hydrogen-bond donors (Lipinski definition) is 1. The molecule has 0 radical (unpaired) electrons. The van der Waals surface area contributed by atoms with Crippen LogP contribution in [-0.4, -0.2) is 51.2 Å². The third-order valence-corrected chi connectivity index (χ3v) is 4.47. The average Bonchev–Trinajstić information content (AvgIpc) is 3.09. The zero-order valence-corrected chi connectivity index (χ0v) is 14.2. The minimum Gasteiger partial charge on any atom is -0.481 e. The normalized spacial score (nSPS) is 15.5. The molecule has 0 bridgehead atoms. The number of methoxy groups -OCH3 is 1. The molecule has 1 saturated heterocycles. The number of carbonyl (C=O) groups excluding carboxylic acids is 1. The van der Waals surface area contributed by atoms with E-state index >= 15 is 0 Å². The fourth-order valence-corrected chi connectivity index (χ4v) is 3.01. The minimum absolute atomic E-state index is 0.0385. The first-order valence-corrected chi connectivity index (χ1v) is 8.39. The summed E-state index contributed by atoms with van der Waals surface area (Å²) >= 11 is 0. The first-order chi connectivity index (χ1) is 11.7. The summed E-state index contributed by atoms with van der Waals surface area (Å²) < 4.78 is 5.02. The van der Waals surface area contributed by atoms with Crippen molar-refractivity contribution in [3.63, 3.8) is 0 Å². The zero-order chi connectivity index (χ0) is 16.9. The molecule has 1 amide bonds. The Labute approximate surface area is 141 Å². The first kappa shape index (κ1) is 16.4. The molecule has 1 aliphatic heterocycles. The monoisotopic (exact) mass is 329 g/mol. The van der Waals surface area contributed by atoms with Crippen molar-refractivity contribution in [2.45, 2.75) is 32.6 Å². The molecule has 0 atom stereocenters. The smallest absolute Gasteiger partial charge is 0.255 e. The number of hydrogen-bond acceptors (Lipinski definition) is 5. The first-order valence-electron chi connectivity index (χ1n) is 8.39. The lowest BCUT2D eigenvalue weighted by Gasteiger charge is -2.31. The lowest BCUT2D eigenvalue weighted by molar-refractivity contribution is 0.0689. The van der Waals surface area contributed by atoms with Gasteiger partial charge in [-0.3, -0.25) is 9.89 Å². The van der Waals surface area contributed by atoms with Gasteiger partial charge in [0.1, 0.15) is 11.6 Å². The number of piperidine rings is 1. The second-order valence-corrected chi connectivity index (χ2v) is 6.08. The predicted octanol–water partition coefficient (Wildman–Crippen LogP) is 1.87. The highest BCUT2D eigenvalue weighted by molar-refractivity contribution is 5.94. The maximum Gasteiger partial charge on any atom is 0.255 e. The molecule has 0 saturated carbocycles. The molecule has 7 nitrogen and oxygen atoms in total. The van der Waals surface area contributed by atoms with Gasteiger partial charge in [0.05, 0.1) is 12.7 Å². The molecule has 3 heterocycles. The fraction of sp³-hybridized carbons (Fsp3) is 0.529. The van der Waals surface area contributed by atoms with Crippen LogP contribution < -0.4 is 4.74 Å². The molecule has 0 aromatic carbocycles. The van der Waals surface area contributed by atoms with Gasteiger partial charge in [0.25, 0.3) is 5.91 Å². The van der Waals surface area contributed by atoms with Crippen molar-refractivity contribution in [2.75, 3.05) is 20.2 Å². The van der Waals surface area contributed by atoms with Crippen molar-refractivity contribution >= 4 is 5.91 Å². The Balaban J connectivity index is 1.53. The fourth-order valence-electron chi connectivity index (χ4n) is 3.01. The van der Waals surface area contributed by atoms with Crippen molar-refractivity contribution in [1.29, 1.82) is 0 Å². The Morgan fingerprint density at radius 2 is 2.17 bits per heavy atom. The molecule has 24 heavy (non-hydrogen) atoms. The van der Waals surface area contributed by atoms with Crippen molar-refractivity contribution in [3.05, 3.63) is 35.5 Å². The van der Waals surface area contributed by atoms with Crippen LogP contribution in [0.15, 0.2) is 18.3 Å². The number of carbonyl (C=O) groups is 1. The van der Waals surface area contributed by atoms with Gasteiger partial charge in [0.2, 0.25) is 5.88 Å². The van der Waals surface area contributed by atoms with Crippen LogP contribution in [0.25, 0.3) is 0 Å². The van der Waals surface area contributed by atoms with E-state index < -0.39 is 0 Å². The maximum atomic E-state index is 12.5. The topological polar surface area (TPSA) is 84.0 Å². The summed E-state index contributed by atoms with van der Waals surface area (Å²) in [6, 6.07) is 3.48. The highest BCUT2D eigenvalue weighted by atomic mass is 16.5. The number of H-pyrrole nitrogens is 1. The van der Waals surface area contributed by atoms with Crippen LogP contribution in [0.5, 0.6) is 5.88 Å². The molecule has 2 aromatic rings. The number of aryl methyl sites for hydroxylation is 1. The van der Waals surface area contributed by atoms with Gasteiger partial charge >= 0.3 is 0 Å². The van der Waals surface area contributed by atoms with Crippen LogP contribution in [0.3, 0.4) is 0 Å². The molecular weight excluding hydrogens is 306 g/mol. The molecule has 128 valence electrons. The van der Waals surface area contributed by atoms with Crippen molar-refractivity contribution in [2.24, 2.45) is 5.92 Å². The predicted molar refractivity (Wildman–Crippen MR) is 88.9 cm³/mol. The van der Waals surface area contributed by atoms with Crippen LogP contribution in [-0.2, 0) is 12.8 Å². The number of ether oxygens (including phenoxy) is 1. The Morgan fingerprint density at radius 3 is 2.75 bits per heavy atom. The number of aromatic nitrogens is 4. The Bertz CT molecular complexity index is 675. The Hall–Kier alpha value is -2.44. The zero-order valence-electron chi connectivity index (χ0n) is 14.2. The highest BCUT2D eigenvalue weighted by Crippen LogP contribution is 2.22. The van der Waals surface area contributed by atoms with Crippen LogP contribution in [0.1, 0.15) is 41.8 Å². The van der Waals surface area contributed by atoms with Gasteiger partial charge in [0.15, 0.2) is 0 Å². The van der Waals surface area contributed by atoms with E-state index in [0.717, 1.165) is 50.4 Å². The van der Waals surface area contributed by atoms with E-state index in [1.54, 1.807) is 25.4 Å². The second kappa shape index (κ2) is 7.42. The van der Waals surface area contributed by atoms with Crippen molar-refractivity contribution in [1.82, 2.24) is 25.1 Å². The Morgan fingerprint density at radius 1 is 1.38 bits per heavy atom. The van der Waals surface area contributed by atoms with Gasteiger partial charge in [-0.25, -0.2) is 9.97 Å². The molecule has 0 aliphatic carbocycles. The SMILES string of the molecule is CCc1n[nH]c(CC2CCN(C(=O)c3ccc(OC)nc3)CC2)n1. The molecular formula is C17H23N5O2. The maximum absolute atomic E-state index is 12.5. The molecule has 0 spiro atoms. The van der Waals surface area contributed by atoms with E-state index in [1.807, 2.05) is 11.8 Å². The summed E-state index contributed by atoms with van der Waals surface area (Å²) in [7, 11) is 1.56. The molecule has 1 fully saturated rings. The molecule has 1 aliphatic rings. The van der Waals surface area contributed by atoms with Crippen LogP contribution >= 0.6 is 0 Å². The Kier molecular flexibility index (Phi) is 5.08. The van der Waals surface area contributed by atoms with E-state index in [-0.39, 0.29) is 5.91 Å². The number of amides is 1. The number of rotatable bonds is 5. The third kappa shape index (κ3) is 3.72. The van der Waals surface area contributed by atoms with Crippen LogP contribution in [0, 0.1) is 5.92 Å². The summed E-state index contributed by atoms with van der Waals surface area (Å²) in [5, 5.41) is 7.19. The number of pyridine rings is 1. The number of aromatic amines is 1. The molecule has 7 heteroatoms. The number of nitrogens with zero attached hydrogens (tertiary/aromatic N) is 4. The molecule has 0 unspecified atom stereocenters. The van der Waals surface area contributed by atoms with Crippen LogP contribution in [0.4, 0.5) is 0 Å². The lowest BCUT2D eigenvalue weighted by Crippen LogP contribution is -2.39. The molecule has 3 rings (SSSR count). The summed E-state index contributed by atoms with van der Waals surface area (Å²) in [6.45, 7) is 3.58. The quantitative estimate of drug-likeness (QED) is 0.905. The van der Waals surface area contributed by atoms with E-state index in [0.29, 0.717) is 17.4 Å². The standard InChI is InChI=1S/C17H23N5O2/c1-3-14-19-15(21-20-14)10-12-6-8-22(9-7-12)17(23)13-4-5-16(24-2)18-11-13/h4-5,11-12H,3,6-10H2,1-2H3,(H,19,20,21). The van der Waals surface area contributed by atoms with E-state index in [9.17, 15) is 4.79 Å². The summed E-state index contributed by atoms with van der Waals surface area (Å²) in [5.74, 6) is 2.92. The molecule has 1 N–H and O–H groups in total. The van der Waals surface area contributed by atoms with Crippen molar-refractivity contribution < 1.29 is 9.53 Å². The van der Waals surface area contributed by atoms with Gasteiger partial charge < -0.3 is 9.64 Å². The van der Waals surface area contributed by atoms with Gasteiger partial charge in [-0.1, -0.05) is 6.92 Å². The van der Waals surface area contributed by atoms with Gasteiger partial charge in [0, 0.05) is 38.2 Å². The number of likely N-dealkylation sites (tertiary alicyclic amines) is 1. The van der Waals surface area contributed by atoms with Crippen LogP contribution in [0.2, 0.25) is 0 Å². The second-order valence-electron chi connectivity index (χ2n) is 6.08. The van der Waals surface area contributed by atoms with Crippen molar-refractivity contribution in [3.8, 4) is 5.88 Å². The van der Waals surface area contributed by atoms with E-state index in [2.05, 4.69) is 20.2 Å². The highest BCUT2D eigenvalue weighted by Gasteiger charge is 2.24. The summed E-state index contributed by atoms with van der Waals surface area (Å²) in [5.41, 5.74) is 0.608. The summed E-state index contributed by atoms with van der Waals surface area (Å²) in [4.78, 5) is 23.0. The van der Waals surface area contributed by atoms with Gasteiger partial charge in [-0.2, -0.15) is 5.10 Å². The average molecular weight is 329 g/mol. The van der Waals surface area contributed by atoms with E-state index in [4.69, 9.17) is 4.74 Å². The van der Waals surface area contributed by atoms with Gasteiger partial charge in [-0.05, 0) is 24.8 Å². The lowest BCUT2D eigenvalue weighted by atomic mass is 9.93. The van der Waals surface area contributed by atoms with Gasteiger partial charge in [-0.15, -0.1) is 0 Å².